The first-order valence-corrected chi connectivity index (χ1v) is 11.1. The highest BCUT2D eigenvalue weighted by Crippen LogP contribution is 2.35. The van der Waals surface area contributed by atoms with E-state index in [1.807, 2.05) is 60.7 Å². The number of benzene rings is 3. The first-order valence-electron chi connectivity index (χ1n) is 11.1. The van der Waals surface area contributed by atoms with Crippen LogP contribution in [0.4, 0.5) is 0 Å². The Bertz CT molecular complexity index is 972. The number of hydrogen-bond donors (Lipinski definition) is 0. The number of ether oxygens (including phenoxy) is 3. The van der Waals surface area contributed by atoms with Crippen molar-refractivity contribution in [2.24, 2.45) is 0 Å². The predicted molar refractivity (Wildman–Crippen MR) is 129 cm³/mol. The summed E-state index contributed by atoms with van der Waals surface area (Å²) in [6.45, 7) is 2.88. The van der Waals surface area contributed by atoms with Crippen LogP contribution in [-0.4, -0.2) is 32.2 Å². The molecule has 0 radical (unpaired) electrons. The molecule has 3 rings (SSSR count). The summed E-state index contributed by atoms with van der Waals surface area (Å²) in [7, 11) is 4.67. The van der Waals surface area contributed by atoms with Crippen molar-refractivity contribution in [1.29, 1.82) is 0 Å². The molecule has 0 N–H and O–H groups in total. The molecule has 5 heteroatoms. The van der Waals surface area contributed by atoms with Crippen molar-refractivity contribution in [1.82, 2.24) is 4.90 Å². The lowest BCUT2D eigenvalue weighted by molar-refractivity contribution is -0.142. The third kappa shape index (κ3) is 6.51. The lowest BCUT2D eigenvalue weighted by Crippen LogP contribution is -2.33. The fraction of sp³-hybridized carbons (Fsp3) is 0.321. The van der Waals surface area contributed by atoms with E-state index in [1.54, 1.807) is 14.2 Å². The van der Waals surface area contributed by atoms with Gasteiger partial charge in [-0.25, -0.2) is 0 Å². The molecule has 0 unspecified atom stereocenters. The van der Waals surface area contributed by atoms with Crippen molar-refractivity contribution in [3.63, 3.8) is 0 Å². The van der Waals surface area contributed by atoms with Gasteiger partial charge < -0.3 is 14.2 Å². The third-order valence-corrected chi connectivity index (χ3v) is 6.00. The van der Waals surface area contributed by atoms with Crippen LogP contribution in [0.2, 0.25) is 0 Å². The van der Waals surface area contributed by atoms with Crippen molar-refractivity contribution < 1.29 is 19.0 Å². The third-order valence-electron chi connectivity index (χ3n) is 6.00. The Balaban J connectivity index is 2.02. The van der Waals surface area contributed by atoms with Gasteiger partial charge in [0.1, 0.15) is 0 Å². The zero-order chi connectivity index (χ0) is 23.6. The van der Waals surface area contributed by atoms with E-state index < -0.39 is 6.29 Å². The number of hydrogen-bond acceptors (Lipinski definition) is 5. The maximum Gasteiger partial charge on any atom is 0.307 e. The Kier molecular flexibility index (Phi) is 9.19. The highest BCUT2D eigenvalue weighted by Gasteiger charge is 2.29. The van der Waals surface area contributed by atoms with E-state index in [0.29, 0.717) is 6.54 Å². The molecule has 0 saturated heterocycles. The summed E-state index contributed by atoms with van der Waals surface area (Å²) >= 11 is 0. The summed E-state index contributed by atoms with van der Waals surface area (Å²) in [5.74, 6) is -0.242. The minimum atomic E-state index is -0.429. The molecular weight excluding hydrogens is 414 g/mol. The molecule has 0 aliphatic heterocycles. The van der Waals surface area contributed by atoms with Crippen LogP contribution >= 0.6 is 0 Å². The Labute approximate surface area is 196 Å². The fourth-order valence-corrected chi connectivity index (χ4v) is 4.15. The molecule has 3 aromatic rings. The van der Waals surface area contributed by atoms with Gasteiger partial charge in [-0.05, 0) is 23.6 Å². The monoisotopic (exact) mass is 447 g/mol. The first kappa shape index (κ1) is 24.6. The van der Waals surface area contributed by atoms with Crippen LogP contribution in [0.15, 0.2) is 84.9 Å². The van der Waals surface area contributed by atoms with Gasteiger partial charge in [-0.1, -0.05) is 84.9 Å². The minimum Gasteiger partial charge on any atom is -0.469 e. The van der Waals surface area contributed by atoms with Gasteiger partial charge in [0.2, 0.25) is 0 Å². The van der Waals surface area contributed by atoms with E-state index in [0.717, 1.165) is 11.1 Å². The smallest absolute Gasteiger partial charge is 0.307 e. The summed E-state index contributed by atoms with van der Waals surface area (Å²) in [6.07, 6.45) is -0.181. The SMILES string of the molecule is COC(=O)C[C@H](c1ccc(C(OC)OC)cc1)N(Cc1ccccc1)[C@@H](C)c1ccccc1. The highest BCUT2D eigenvalue weighted by molar-refractivity contribution is 5.70. The van der Waals surface area contributed by atoms with Gasteiger partial charge in [0, 0.05) is 38.4 Å². The van der Waals surface area contributed by atoms with Crippen molar-refractivity contribution in [2.45, 2.75) is 38.3 Å². The highest BCUT2D eigenvalue weighted by atomic mass is 16.7. The minimum absolute atomic E-state index is 0.0754. The van der Waals surface area contributed by atoms with Gasteiger partial charge in [0.25, 0.3) is 0 Å². The van der Waals surface area contributed by atoms with Crippen molar-refractivity contribution >= 4 is 5.97 Å². The molecule has 174 valence electrons. The number of methoxy groups -OCH3 is 3. The Morgan fingerprint density at radius 3 is 1.85 bits per heavy atom. The number of carbonyl (C=O) groups excluding carboxylic acids is 1. The average Bonchev–Trinajstić information content (AvgIpc) is 2.88. The van der Waals surface area contributed by atoms with Gasteiger partial charge in [0.15, 0.2) is 6.29 Å². The van der Waals surface area contributed by atoms with Crippen LogP contribution in [0.1, 0.15) is 54.0 Å². The maximum atomic E-state index is 12.5. The topological polar surface area (TPSA) is 48.0 Å². The van der Waals surface area contributed by atoms with Crippen LogP contribution in [-0.2, 0) is 25.5 Å². The Morgan fingerprint density at radius 1 is 0.758 bits per heavy atom. The van der Waals surface area contributed by atoms with Crippen molar-refractivity contribution in [3.8, 4) is 0 Å². The molecule has 33 heavy (non-hydrogen) atoms. The van der Waals surface area contributed by atoms with Gasteiger partial charge in [-0.3, -0.25) is 9.69 Å². The van der Waals surface area contributed by atoms with Crippen LogP contribution in [0.25, 0.3) is 0 Å². The van der Waals surface area contributed by atoms with Gasteiger partial charge in [-0.15, -0.1) is 0 Å². The molecule has 0 bridgehead atoms. The second-order valence-corrected chi connectivity index (χ2v) is 8.01. The van der Waals surface area contributed by atoms with E-state index in [2.05, 4.69) is 36.1 Å². The molecule has 0 amide bonds. The fourth-order valence-electron chi connectivity index (χ4n) is 4.15. The number of esters is 1. The second-order valence-electron chi connectivity index (χ2n) is 8.01. The number of nitrogens with zero attached hydrogens (tertiary/aromatic N) is 1. The summed E-state index contributed by atoms with van der Waals surface area (Å²) in [5, 5.41) is 0. The molecule has 0 heterocycles. The number of rotatable bonds is 11. The molecule has 3 aromatic carbocycles. The molecule has 0 fully saturated rings. The summed E-state index contributed by atoms with van der Waals surface area (Å²) in [6, 6.07) is 28.7. The van der Waals surface area contributed by atoms with Crippen LogP contribution in [0.5, 0.6) is 0 Å². The lowest BCUT2D eigenvalue weighted by Gasteiger charge is -2.37. The number of carbonyl (C=O) groups is 1. The molecular formula is C28H33NO4. The molecule has 0 spiro atoms. The van der Waals surface area contributed by atoms with Crippen LogP contribution < -0.4 is 0 Å². The molecule has 0 aliphatic carbocycles. The summed E-state index contributed by atoms with van der Waals surface area (Å²) in [4.78, 5) is 14.9. The van der Waals surface area contributed by atoms with E-state index in [4.69, 9.17) is 14.2 Å². The molecule has 0 aliphatic rings. The quantitative estimate of drug-likeness (QED) is 0.273. The molecule has 0 aromatic heterocycles. The first-order chi connectivity index (χ1) is 16.1. The molecule has 2 atom stereocenters. The van der Waals surface area contributed by atoms with Crippen molar-refractivity contribution in [2.75, 3.05) is 21.3 Å². The predicted octanol–water partition coefficient (Wildman–Crippen LogP) is 5.85. The zero-order valence-corrected chi connectivity index (χ0v) is 19.8. The second kappa shape index (κ2) is 12.3. The standard InChI is InChI=1S/C28H33NO4/c1-21(23-13-9-6-10-14-23)29(20-22-11-7-5-8-12-22)26(19-27(30)31-2)24-15-17-25(18-16-24)28(32-3)33-4/h5-18,21,26,28H,19-20H2,1-4H3/t21-,26+/m0/s1. The van der Waals surface area contributed by atoms with Gasteiger partial charge in [-0.2, -0.15) is 0 Å². The van der Waals surface area contributed by atoms with Crippen molar-refractivity contribution in [3.05, 3.63) is 107 Å². The molecule has 5 nitrogen and oxygen atoms in total. The summed E-state index contributed by atoms with van der Waals surface area (Å²) in [5.41, 5.74) is 4.34. The Hall–Kier alpha value is -2.99. The van der Waals surface area contributed by atoms with Gasteiger partial charge in [0.05, 0.1) is 13.5 Å². The van der Waals surface area contributed by atoms with E-state index >= 15 is 0 Å². The normalized spacial score (nSPS) is 13.2. The van der Waals surface area contributed by atoms with Crippen LogP contribution in [0.3, 0.4) is 0 Å². The van der Waals surface area contributed by atoms with E-state index in [9.17, 15) is 4.79 Å². The zero-order valence-electron chi connectivity index (χ0n) is 19.8. The lowest BCUT2D eigenvalue weighted by atomic mass is 9.96. The molecule has 0 saturated carbocycles. The average molecular weight is 448 g/mol. The maximum absolute atomic E-state index is 12.5. The summed E-state index contributed by atoms with van der Waals surface area (Å²) < 4.78 is 15.8. The Morgan fingerprint density at radius 2 is 1.30 bits per heavy atom. The van der Waals surface area contributed by atoms with E-state index in [1.165, 1.54) is 18.2 Å². The van der Waals surface area contributed by atoms with Crippen LogP contribution in [0, 0.1) is 0 Å². The van der Waals surface area contributed by atoms with Gasteiger partial charge >= 0.3 is 5.97 Å². The largest absolute Gasteiger partial charge is 0.469 e. The van der Waals surface area contributed by atoms with E-state index in [-0.39, 0.29) is 24.5 Å².